The van der Waals surface area contributed by atoms with E-state index in [0.29, 0.717) is 0 Å². The van der Waals surface area contributed by atoms with Gasteiger partial charge in [-0.1, -0.05) is 48.5 Å². The first kappa shape index (κ1) is 10.5. The van der Waals surface area contributed by atoms with Crippen molar-refractivity contribution < 1.29 is 0 Å². The van der Waals surface area contributed by atoms with Crippen LogP contribution in [-0.4, -0.2) is 0 Å². The minimum Gasteiger partial charge on any atom is -0.321 e. The first-order valence-corrected chi connectivity index (χ1v) is 6.14. The maximum atomic E-state index is 6.19. The SMILES string of the molecule is Cc1ccccc1-c1ccc(C2(N)CC2)cc1. The summed E-state index contributed by atoms with van der Waals surface area (Å²) in [7, 11) is 0. The Labute approximate surface area is 102 Å². The third-order valence-electron chi connectivity index (χ3n) is 3.70. The van der Waals surface area contributed by atoms with Crippen LogP contribution in [0.3, 0.4) is 0 Å². The Balaban J connectivity index is 1.98. The van der Waals surface area contributed by atoms with Gasteiger partial charge in [0, 0.05) is 5.54 Å². The lowest BCUT2D eigenvalue weighted by Gasteiger charge is -2.11. The molecule has 0 aromatic heterocycles. The van der Waals surface area contributed by atoms with E-state index in [4.69, 9.17) is 5.73 Å². The van der Waals surface area contributed by atoms with Gasteiger partial charge in [-0.15, -0.1) is 0 Å². The van der Waals surface area contributed by atoms with Gasteiger partial charge in [-0.3, -0.25) is 0 Å². The van der Waals surface area contributed by atoms with E-state index in [1.807, 2.05) is 0 Å². The Morgan fingerprint density at radius 3 is 2.18 bits per heavy atom. The van der Waals surface area contributed by atoms with Crippen molar-refractivity contribution in [2.24, 2.45) is 5.73 Å². The molecule has 0 amide bonds. The topological polar surface area (TPSA) is 26.0 Å². The molecule has 0 saturated heterocycles. The van der Waals surface area contributed by atoms with Crippen LogP contribution >= 0.6 is 0 Å². The molecule has 0 spiro atoms. The van der Waals surface area contributed by atoms with Crippen molar-refractivity contribution in [2.45, 2.75) is 25.3 Å². The van der Waals surface area contributed by atoms with Crippen molar-refractivity contribution in [3.63, 3.8) is 0 Å². The van der Waals surface area contributed by atoms with Crippen LogP contribution in [0.2, 0.25) is 0 Å². The van der Waals surface area contributed by atoms with E-state index in [0.717, 1.165) is 12.8 Å². The zero-order valence-corrected chi connectivity index (χ0v) is 10.1. The standard InChI is InChI=1S/C16H17N/c1-12-4-2-3-5-15(12)13-6-8-14(9-7-13)16(17)10-11-16/h2-9H,10-11,17H2,1H3. The van der Waals surface area contributed by atoms with Gasteiger partial charge in [-0.2, -0.15) is 0 Å². The molecule has 1 fully saturated rings. The predicted molar refractivity (Wildman–Crippen MR) is 71.7 cm³/mol. The van der Waals surface area contributed by atoms with Crippen LogP contribution < -0.4 is 5.73 Å². The summed E-state index contributed by atoms with van der Waals surface area (Å²) in [6.45, 7) is 2.15. The van der Waals surface area contributed by atoms with Gasteiger partial charge in [-0.05, 0) is 42.0 Å². The summed E-state index contributed by atoms with van der Waals surface area (Å²) in [5, 5.41) is 0. The molecule has 0 heterocycles. The Hall–Kier alpha value is -1.60. The molecule has 1 heteroatoms. The molecule has 1 aliphatic carbocycles. The zero-order valence-electron chi connectivity index (χ0n) is 10.1. The summed E-state index contributed by atoms with van der Waals surface area (Å²) in [5.41, 5.74) is 11.3. The highest BCUT2D eigenvalue weighted by Gasteiger charge is 2.39. The van der Waals surface area contributed by atoms with E-state index >= 15 is 0 Å². The largest absolute Gasteiger partial charge is 0.321 e. The lowest BCUT2D eigenvalue weighted by molar-refractivity contribution is 0.740. The quantitative estimate of drug-likeness (QED) is 0.827. The molecule has 1 aliphatic rings. The first-order chi connectivity index (χ1) is 8.19. The van der Waals surface area contributed by atoms with Crippen LogP contribution in [0.5, 0.6) is 0 Å². The second kappa shape index (κ2) is 3.71. The van der Waals surface area contributed by atoms with Gasteiger partial charge in [0.15, 0.2) is 0 Å². The third-order valence-corrected chi connectivity index (χ3v) is 3.70. The van der Waals surface area contributed by atoms with E-state index < -0.39 is 0 Å². The van der Waals surface area contributed by atoms with Gasteiger partial charge in [0.2, 0.25) is 0 Å². The lowest BCUT2D eigenvalue weighted by Crippen LogP contribution is -2.18. The van der Waals surface area contributed by atoms with Crippen LogP contribution in [0, 0.1) is 6.92 Å². The molecule has 1 nitrogen and oxygen atoms in total. The van der Waals surface area contributed by atoms with E-state index in [1.165, 1.54) is 22.3 Å². The first-order valence-electron chi connectivity index (χ1n) is 6.14. The molecule has 86 valence electrons. The summed E-state index contributed by atoms with van der Waals surface area (Å²) < 4.78 is 0. The average molecular weight is 223 g/mol. The maximum absolute atomic E-state index is 6.19. The van der Waals surface area contributed by atoms with Crippen molar-refractivity contribution >= 4 is 0 Å². The molecule has 2 aromatic carbocycles. The highest BCUT2D eigenvalue weighted by molar-refractivity contribution is 5.67. The molecule has 0 unspecified atom stereocenters. The molecule has 3 rings (SSSR count). The number of nitrogens with two attached hydrogens (primary N) is 1. The fourth-order valence-corrected chi connectivity index (χ4v) is 2.30. The van der Waals surface area contributed by atoms with E-state index in [2.05, 4.69) is 55.5 Å². The summed E-state index contributed by atoms with van der Waals surface area (Å²) in [6.07, 6.45) is 2.24. The van der Waals surface area contributed by atoms with Crippen LogP contribution in [-0.2, 0) is 5.54 Å². The molecule has 0 aliphatic heterocycles. The predicted octanol–water partition coefficient (Wildman–Crippen LogP) is 3.61. The van der Waals surface area contributed by atoms with Gasteiger partial charge in [0.05, 0.1) is 0 Å². The zero-order chi connectivity index (χ0) is 11.9. The van der Waals surface area contributed by atoms with Crippen LogP contribution in [0.25, 0.3) is 11.1 Å². The summed E-state index contributed by atoms with van der Waals surface area (Å²) in [4.78, 5) is 0. The molecule has 2 aromatic rings. The minimum atomic E-state index is -0.0235. The summed E-state index contributed by atoms with van der Waals surface area (Å²) in [6, 6.07) is 17.2. The van der Waals surface area contributed by atoms with E-state index in [1.54, 1.807) is 0 Å². The van der Waals surface area contributed by atoms with Crippen molar-refractivity contribution in [1.29, 1.82) is 0 Å². The molecular weight excluding hydrogens is 206 g/mol. The lowest BCUT2D eigenvalue weighted by atomic mass is 9.97. The fourth-order valence-electron chi connectivity index (χ4n) is 2.30. The van der Waals surface area contributed by atoms with Crippen molar-refractivity contribution in [1.82, 2.24) is 0 Å². The number of rotatable bonds is 2. The molecule has 0 radical (unpaired) electrons. The number of aryl methyl sites for hydroxylation is 1. The number of hydrogen-bond donors (Lipinski definition) is 1. The summed E-state index contributed by atoms with van der Waals surface area (Å²) in [5.74, 6) is 0. The fraction of sp³-hybridized carbons (Fsp3) is 0.250. The molecule has 2 N–H and O–H groups in total. The summed E-state index contributed by atoms with van der Waals surface area (Å²) >= 11 is 0. The Morgan fingerprint density at radius 2 is 1.59 bits per heavy atom. The van der Waals surface area contributed by atoms with Crippen molar-refractivity contribution in [3.05, 3.63) is 59.7 Å². The number of benzene rings is 2. The van der Waals surface area contributed by atoms with Crippen LogP contribution in [0.15, 0.2) is 48.5 Å². The maximum Gasteiger partial charge on any atom is 0.0411 e. The second-order valence-electron chi connectivity index (χ2n) is 5.05. The van der Waals surface area contributed by atoms with Crippen LogP contribution in [0.4, 0.5) is 0 Å². The monoisotopic (exact) mass is 223 g/mol. The minimum absolute atomic E-state index is 0.0235. The van der Waals surface area contributed by atoms with Crippen molar-refractivity contribution in [2.75, 3.05) is 0 Å². The van der Waals surface area contributed by atoms with Gasteiger partial charge < -0.3 is 5.73 Å². The number of hydrogen-bond acceptors (Lipinski definition) is 1. The Bertz CT molecular complexity index is 536. The third kappa shape index (κ3) is 1.87. The van der Waals surface area contributed by atoms with Gasteiger partial charge in [0.25, 0.3) is 0 Å². The van der Waals surface area contributed by atoms with E-state index in [9.17, 15) is 0 Å². The highest BCUT2D eigenvalue weighted by atomic mass is 14.8. The Morgan fingerprint density at radius 1 is 0.941 bits per heavy atom. The highest BCUT2D eigenvalue weighted by Crippen LogP contribution is 2.42. The van der Waals surface area contributed by atoms with Gasteiger partial charge in [-0.25, -0.2) is 0 Å². The smallest absolute Gasteiger partial charge is 0.0411 e. The van der Waals surface area contributed by atoms with Gasteiger partial charge >= 0.3 is 0 Å². The second-order valence-corrected chi connectivity index (χ2v) is 5.05. The molecular formula is C16H17N. The van der Waals surface area contributed by atoms with E-state index in [-0.39, 0.29) is 5.54 Å². The molecule has 1 saturated carbocycles. The normalized spacial score (nSPS) is 16.8. The molecule has 17 heavy (non-hydrogen) atoms. The Kier molecular flexibility index (Phi) is 2.30. The molecule has 0 atom stereocenters. The van der Waals surface area contributed by atoms with Gasteiger partial charge in [0.1, 0.15) is 0 Å². The molecule has 0 bridgehead atoms. The van der Waals surface area contributed by atoms with Crippen molar-refractivity contribution in [3.8, 4) is 11.1 Å². The average Bonchev–Trinajstić information content (AvgIpc) is 3.10. The van der Waals surface area contributed by atoms with Crippen LogP contribution in [0.1, 0.15) is 24.0 Å².